The van der Waals surface area contributed by atoms with Crippen LogP contribution >= 0.6 is 11.3 Å². The molecule has 3 aromatic rings. The van der Waals surface area contributed by atoms with Crippen molar-refractivity contribution in [2.24, 2.45) is 5.14 Å². The number of aromatic nitrogens is 1. The molecule has 1 aliphatic heterocycles. The minimum absolute atomic E-state index is 0.00227. The fourth-order valence-corrected chi connectivity index (χ4v) is 5.70. The van der Waals surface area contributed by atoms with Crippen molar-refractivity contribution in [3.05, 3.63) is 82.0 Å². The van der Waals surface area contributed by atoms with Crippen molar-refractivity contribution in [1.82, 2.24) is 10.3 Å². The molecule has 2 aromatic carbocycles. The Kier molecular flexibility index (Phi) is 7.30. The number of carbonyl (C=O) groups excluding carboxylic acids is 2. The summed E-state index contributed by atoms with van der Waals surface area (Å²) in [6, 6.07) is 13.7. The van der Waals surface area contributed by atoms with E-state index in [1.165, 1.54) is 37.7 Å². The topological polar surface area (TPSA) is 138 Å². The number of primary sulfonamides is 1. The molecule has 0 radical (unpaired) electrons. The summed E-state index contributed by atoms with van der Waals surface area (Å²) >= 11 is 1.38. The van der Waals surface area contributed by atoms with E-state index in [0.29, 0.717) is 44.4 Å². The summed E-state index contributed by atoms with van der Waals surface area (Å²) in [5.41, 5.74) is 4.44. The van der Waals surface area contributed by atoms with Crippen molar-refractivity contribution in [2.75, 3.05) is 14.2 Å². The van der Waals surface area contributed by atoms with Crippen molar-refractivity contribution in [3.63, 3.8) is 0 Å². The number of sulfonamides is 1. The van der Waals surface area contributed by atoms with Gasteiger partial charge in [0.05, 0.1) is 41.9 Å². The third-order valence-corrected chi connectivity index (χ3v) is 7.80. The molecule has 4 rings (SSSR count). The summed E-state index contributed by atoms with van der Waals surface area (Å²) in [6.07, 6.45) is 0. The largest absolute Gasteiger partial charge is 0.466 e. The molecule has 0 amide bonds. The van der Waals surface area contributed by atoms with Crippen molar-refractivity contribution >= 4 is 33.3 Å². The van der Waals surface area contributed by atoms with Crippen LogP contribution in [-0.2, 0) is 29.1 Å². The van der Waals surface area contributed by atoms with Crippen LogP contribution in [0.25, 0.3) is 21.8 Å². The van der Waals surface area contributed by atoms with E-state index in [9.17, 15) is 18.0 Å². The lowest BCUT2D eigenvalue weighted by atomic mass is 9.80. The van der Waals surface area contributed by atoms with E-state index in [4.69, 9.17) is 19.6 Å². The summed E-state index contributed by atoms with van der Waals surface area (Å²) in [5, 5.41) is 10.9. The van der Waals surface area contributed by atoms with E-state index < -0.39 is 27.9 Å². The lowest BCUT2D eigenvalue weighted by Crippen LogP contribution is -2.32. The van der Waals surface area contributed by atoms with Crippen LogP contribution in [-0.4, -0.2) is 39.6 Å². The lowest BCUT2D eigenvalue weighted by Gasteiger charge is -2.30. The van der Waals surface area contributed by atoms with Crippen molar-refractivity contribution in [1.29, 1.82) is 0 Å². The van der Waals surface area contributed by atoms with Crippen LogP contribution in [0.4, 0.5) is 0 Å². The highest BCUT2D eigenvalue weighted by Gasteiger charge is 2.37. The number of hydrogen-bond acceptors (Lipinski definition) is 9. The number of nitrogens with one attached hydrogen (secondary N) is 1. The number of nitrogens with two attached hydrogens (primary N) is 1. The van der Waals surface area contributed by atoms with Crippen LogP contribution in [0.1, 0.15) is 25.3 Å². The Morgan fingerprint density at radius 1 is 0.946 bits per heavy atom. The molecule has 0 atom stereocenters. The highest BCUT2D eigenvalue weighted by Crippen LogP contribution is 2.40. The molecule has 11 heteroatoms. The second-order valence-electron chi connectivity index (χ2n) is 8.35. The molecule has 1 aromatic heterocycles. The number of dihydropyridines is 1. The second kappa shape index (κ2) is 10.3. The van der Waals surface area contributed by atoms with Gasteiger partial charge in [-0.1, -0.05) is 30.3 Å². The van der Waals surface area contributed by atoms with Crippen LogP contribution in [0, 0.1) is 0 Å². The molecular weight excluding hydrogens is 514 g/mol. The molecule has 0 fully saturated rings. The molecule has 0 spiro atoms. The van der Waals surface area contributed by atoms with Crippen LogP contribution in [0.3, 0.4) is 0 Å². The predicted octanol–water partition coefficient (Wildman–Crippen LogP) is 3.71. The van der Waals surface area contributed by atoms with Crippen molar-refractivity contribution in [2.45, 2.75) is 24.7 Å². The first-order valence-corrected chi connectivity index (χ1v) is 13.5. The third kappa shape index (κ3) is 5.19. The SMILES string of the molecule is COC(=O)C1=C(C)NC(C)=C(C(=O)OC)C1c1cccc(-c2nc(-c3cccc(S(N)(=O)=O)c3)cs2)c1. The van der Waals surface area contributed by atoms with E-state index in [1.807, 2.05) is 29.6 Å². The van der Waals surface area contributed by atoms with E-state index in [0.717, 1.165) is 5.56 Å². The summed E-state index contributed by atoms with van der Waals surface area (Å²) in [4.78, 5) is 30.3. The van der Waals surface area contributed by atoms with Gasteiger partial charge in [-0.2, -0.15) is 0 Å². The quantitative estimate of drug-likeness (QED) is 0.452. The van der Waals surface area contributed by atoms with Gasteiger partial charge in [0, 0.05) is 27.9 Å². The average molecular weight is 540 g/mol. The highest BCUT2D eigenvalue weighted by molar-refractivity contribution is 7.89. The molecule has 3 N–H and O–H groups in total. The number of thiazole rings is 1. The normalized spacial score (nSPS) is 14.4. The first kappa shape index (κ1) is 26.3. The van der Waals surface area contributed by atoms with E-state index >= 15 is 0 Å². The Morgan fingerprint density at radius 3 is 2.14 bits per heavy atom. The van der Waals surface area contributed by atoms with Crippen LogP contribution in [0.5, 0.6) is 0 Å². The number of rotatable bonds is 6. The molecule has 192 valence electrons. The Balaban J connectivity index is 1.79. The predicted molar refractivity (Wildman–Crippen MR) is 140 cm³/mol. The third-order valence-electron chi connectivity index (χ3n) is 6.00. The van der Waals surface area contributed by atoms with Crippen LogP contribution < -0.4 is 10.5 Å². The van der Waals surface area contributed by atoms with E-state index in [-0.39, 0.29) is 4.90 Å². The van der Waals surface area contributed by atoms with E-state index in [2.05, 4.69) is 5.32 Å². The molecule has 0 saturated heterocycles. The highest BCUT2D eigenvalue weighted by atomic mass is 32.2. The molecule has 0 unspecified atom stereocenters. The first-order chi connectivity index (χ1) is 17.5. The Labute approximate surface area is 218 Å². The fraction of sp³-hybridized carbons (Fsp3) is 0.192. The van der Waals surface area contributed by atoms with Gasteiger partial charge in [-0.3, -0.25) is 0 Å². The zero-order valence-corrected chi connectivity index (χ0v) is 22.2. The number of ether oxygens (including phenoxy) is 2. The minimum atomic E-state index is -3.85. The number of carbonyl (C=O) groups is 2. The number of hydrogen-bond donors (Lipinski definition) is 2. The van der Waals surface area contributed by atoms with Crippen molar-refractivity contribution in [3.8, 4) is 21.8 Å². The lowest BCUT2D eigenvalue weighted by molar-refractivity contribution is -0.137. The maximum absolute atomic E-state index is 12.8. The smallest absolute Gasteiger partial charge is 0.336 e. The molecular formula is C26H25N3O6S2. The monoisotopic (exact) mass is 539 g/mol. The summed E-state index contributed by atoms with van der Waals surface area (Å²) in [5.74, 6) is -1.83. The number of methoxy groups -OCH3 is 2. The molecule has 2 heterocycles. The molecule has 9 nitrogen and oxygen atoms in total. The number of esters is 2. The van der Waals surface area contributed by atoms with Gasteiger partial charge in [0.1, 0.15) is 5.01 Å². The number of allylic oxidation sites excluding steroid dienone is 2. The Hall–Kier alpha value is -3.80. The zero-order chi connectivity index (χ0) is 26.9. The maximum atomic E-state index is 12.8. The summed E-state index contributed by atoms with van der Waals surface area (Å²) in [6.45, 7) is 3.51. The fourth-order valence-electron chi connectivity index (χ4n) is 4.31. The summed E-state index contributed by atoms with van der Waals surface area (Å²) < 4.78 is 33.6. The van der Waals surface area contributed by atoms with Crippen LogP contribution in [0.2, 0.25) is 0 Å². The Bertz CT molecular complexity index is 1530. The van der Waals surface area contributed by atoms with Gasteiger partial charge in [0.15, 0.2) is 0 Å². The summed E-state index contributed by atoms with van der Waals surface area (Å²) in [7, 11) is -1.26. The molecule has 37 heavy (non-hydrogen) atoms. The van der Waals surface area contributed by atoms with Gasteiger partial charge in [-0.25, -0.2) is 28.1 Å². The average Bonchev–Trinajstić information content (AvgIpc) is 3.37. The first-order valence-electron chi connectivity index (χ1n) is 11.1. The van der Waals surface area contributed by atoms with Gasteiger partial charge in [0.2, 0.25) is 10.0 Å². The van der Waals surface area contributed by atoms with Gasteiger partial charge in [-0.05, 0) is 37.6 Å². The van der Waals surface area contributed by atoms with Gasteiger partial charge in [-0.15, -0.1) is 11.3 Å². The van der Waals surface area contributed by atoms with E-state index in [1.54, 1.807) is 26.0 Å². The van der Waals surface area contributed by atoms with Gasteiger partial charge < -0.3 is 14.8 Å². The standard InChI is InChI=1S/C26H25N3O6S2/c1-14-21(25(30)34-3)23(22(15(2)28-14)26(31)35-4)17-8-5-9-18(11-17)24-29-20(13-36-24)16-7-6-10-19(12-16)37(27,32)33/h5-13,23,28H,1-4H3,(H2,27,32,33). The number of nitrogens with zero attached hydrogens (tertiary/aromatic N) is 1. The minimum Gasteiger partial charge on any atom is -0.466 e. The Morgan fingerprint density at radius 2 is 1.54 bits per heavy atom. The van der Waals surface area contributed by atoms with Crippen LogP contribution in [0.15, 0.2) is 81.3 Å². The molecule has 0 saturated carbocycles. The second-order valence-corrected chi connectivity index (χ2v) is 10.8. The number of benzene rings is 2. The van der Waals surface area contributed by atoms with Gasteiger partial charge in [0.25, 0.3) is 0 Å². The van der Waals surface area contributed by atoms with Gasteiger partial charge >= 0.3 is 11.9 Å². The molecule has 0 aliphatic carbocycles. The zero-order valence-electron chi connectivity index (χ0n) is 20.6. The maximum Gasteiger partial charge on any atom is 0.336 e. The molecule has 1 aliphatic rings. The molecule has 0 bridgehead atoms. The van der Waals surface area contributed by atoms with Crippen molar-refractivity contribution < 1.29 is 27.5 Å².